The number of nitrogens with zero attached hydrogens (tertiary/aromatic N) is 4. The van der Waals surface area contributed by atoms with Gasteiger partial charge in [0.05, 0.1) is 37.0 Å². The lowest BCUT2D eigenvalue weighted by atomic mass is 9.88. The molecule has 0 N–H and O–H groups in total. The summed E-state index contributed by atoms with van der Waals surface area (Å²) < 4.78 is 13.8. The van der Waals surface area contributed by atoms with Gasteiger partial charge in [0.1, 0.15) is 17.3 Å². The Balaban J connectivity index is 1.59. The fourth-order valence-corrected chi connectivity index (χ4v) is 5.77. The maximum Gasteiger partial charge on any atom is 0.282 e. The number of hydrogen-bond acceptors (Lipinski definition) is 6. The summed E-state index contributed by atoms with van der Waals surface area (Å²) in [6, 6.07) is 9.61. The normalized spacial score (nSPS) is 17.1. The fourth-order valence-electron chi connectivity index (χ4n) is 5.41. The Labute approximate surface area is 220 Å². The standard InChI is InChI=1S/C28H33BrN4O3/c1-35-25-17-24(32-13-7-4-8-14-32)26(36-2)15-20(25)18-30-33-27(19-9-5-3-6-10-19)31-23-12-11-21(29)16-22(23)28(33)34/h11-12,15-19H,3-10,13-14H2,1-2H3. The van der Waals surface area contributed by atoms with Crippen LogP contribution in [0.2, 0.25) is 0 Å². The summed E-state index contributed by atoms with van der Waals surface area (Å²) in [4.78, 5) is 20.9. The van der Waals surface area contributed by atoms with Crippen molar-refractivity contribution in [2.45, 2.75) is 57.3 Å². The van der Waals surface area contributed by atoms with Crippen LogP contribution in [0.4, 0.5) is 5.69 Å². The van der Waals surface area contributed by atoms with Crippen LogP contribution in [0, 0.1) is 0 Å². The van der Waals surface area contributed by atoms with Gasteiger partial charge in [-0.05, 0) is 56.4 Å². The smallest absolute Gasteiger partial charge is 0.282 e. The molecule has 2 aromatic carbocycles. The van der Waals surface area contributed by atoms with Crippen molar-refractivity contribution < 1.29 is 9.47 Å². The molecule has 5 rings (SSSR count). The van der Waals surface area contributed by atoms with Crippen molar-refractivity contribution in [3.63, 3.8) is 0 Å². The zero-order valence-electron chi connectivity index (χ0n) is 21.0. The molecule has 1 aromatic heterocycles. The Bertz CT molecular complexity index is 1320. The van der Waals surface area contributed by atoms with E-state index in [1.807, 2.05) is 30.3 Å². The summed E-state index contributed by atoms with van der Waals surface area (Å²) in [6.45, 7) is 2.01. The van der Waals surface area contributed by atoms with E-state index in [1.165, 1.54) is 30.4 Å². The van der Waals surface area contributed by atoms with E-state index in [1.54, 1.807) is 20.4 Å². The number of benzene rings is 2. The molecule has 7 nitrogen and oxygen atoms in total. The zero-order valence-corrected chi connectivity index (χ0v) is 22.6. The van der Waals surface area contributed by atoms with E-state index < -0.39 is 0 Å². The molecule has 2 fully saturated rings. The van der Waals surface area contributed by atoms with Gasteiger partial charge in [-0.3, -0.25) is 4.79 Å². The van der Waals surface area contributed by atoms with Gasteiger partial charge >= 0.3 is 0 Å². The minimum absolute atomic E-state index is 0.158. The zero-order chi connectivity index (χ0) is 25.1. The van der Waals surface area contributed by atoms with Crippen molar-refractivity contribution in [2.75, 3.05) is 32.2 Å². The van der Waals surface area contributed by atoms with Crippen molar-refractivity contribution >= 4 is 38.7 Å². The molecular weight excluding hydrogens is 520 g/mol. The third-order valence-corrected chi connectivity index (χ3v) is 7.84. The molecule has 0 spiro atoms. The average Bonchev–Trinajstić information content (AvgIpc) is 2.93. The first-order valence-corrected chi connectivity index (χ1v) is 13.7. The maximum absolute atomic E-state index is 13.6. The van der Waals surface area contributed by atoms with Crippen LogP contribution >= 0.6 is 15.9 Å². The van der Waals surface area contributed by atoms with E-state index in [-0.39, 0.29) is 11.5 Å². The molecule has 0 bridgehead atoms. The summed E-state index contributed by atoms with van der Waals surface area (Å²) in [7, 11) is 3.35. The van der Waals surface area contributed by atoms with Crippen molar-refractivity contribution in [1.82, 2.24) is 9.66 Å². The first-order chi connectivity index (χ1) is 17.6. The number of halogens is 1. The van der Waals surface area contributed by atoms with Crippen molar-refractivity contribution in [3.05, 3.63) is 56.5 Å². The second-order valence-corrected chi connectivity index (χ2v) is 10.6. The number of aromatic nitrogens is 2. The summed E-state index contributed by atoms with van der Waals surface area (Å²) in [5.41, 5.74) is 2.34. The molecule has 2 aliphatic rings. The third kappa shape index (κ3) is 5.01. The Morgan fingerprint density at radius 1 is 0.972 bits per heavy atom. The van der Waals surface area contributed by atoms with E-state index in [4.69, 9.17) is 19.6 Å². The highest BCUT2D eigenvalue weighted by Gasteiger charge is 2.23. The summed E-state index contributed by atoms with van der Waals surface area (Å²) in [5, 5.41) is 5.26. The SMILES string of the molecule is COc1cc(N2CCCCC2)c(OC)cc1C=Nn1c(C2CCCCC2)nc2ccc(Br)cc2c1=O. The molecule has 1 aliphatic carbocycles. The van der Waals surface area contributed by atoms with Gasteiger partial charge in [-0.15, -0.1) is 0 Å². The van der Waals surface area contributed by atoms with E-state index in [9.17, 15) is 4.79 Å². The van der Waals surface area contributed by atoms with Gasteiger partial charge in [-0.25, -0.2) is 4.98 Å². The molecule has 8 heteroatoms. The van der Waals surface area contributed by atoms with Crippen LogP contribution < -0.4 is 19.9 Å². The van der Waals surface area contributed by atoms with Crippen LogP contribution in [0.15, 0.2) is 44.7 Å². The second-order valence-electron chi connectivity index (χ2n) is 9.64. The highest BCUT2D eigenvalue weighted by atomic mass is 79.9. The van der Waals surface area contributed by atoms with Gasteiger partial charge in [0.25, 0.3) is 5.56 Å². The largest absolute Gasteiger partial charge is 0.496 e. The average molecular weight is 554 g/mol. The topological polar surface area (TPSA) is 69.0 Å². The fraction of sp³-hybridized carbons (Fsp3) is 0.464. The summed E-state index contributed by atoms with van der Waals surface area (Å²) >= 11 is 3.49. The van der Waals surface area contributed by atoms with E-state index in [2.05, 4.69) is 20.8 Å². The number of piperidine rings is 1. The minimum atomic E-state index is -0.158. The number of rotatable bonds is 6. The van der Waals surface area contributed by atoms with Crippen LogP contribution in [0.1, 0.15) is 68.7 Å². The number of fused-ring (bicyclic) bond motifs is 1. The quantitative estimate of drug-likeness (QED) is 0.346. The van der Waals surface area contributed by atoms with Crippen LogP contribution in [-0.4, -0.2) is 43.2 Å². The van der Waals surface area contributed by atoms with Gasteiger partial charge < -0.3 is 14.4 Å². The maximum atomic E-state index is 13.6. The molecule has 0 amide bonds. The molecular formula is C28H33BrN4O3. The van der Waals surface area contributed by atoms with Crippen LogP contribution in [0.25, 0.3) is 10.9 Å². The number of anilines is 1. The Morgan fingerprint density at radius 3 is 2.42 bits per heavy atom. The van der Waals surface area contributed by atoms with Gasteiger partial charge in [-0.2, -0.15) is 9.78 Å². The molecule has 1 saturated heterocycles. The Kier molecular flexibility index (Phi) is 7.60. The number of ether oxygens (including phenoxy) is 2. The first kappa shape index (κ1) is 24.8. The minimum Gasteiger partial charge on any atom is -0.496 e. The third-order valence-electron chi connectivity index (χ3n) is 7.34. The first-order valence-electron chi connectivity index (χ1n) is 12.9. The molecule has 0 atom stereocenters. The molecule has 0 radical (unpaired) electrons. The van der Waals surface area contributed by atoms with Gasteiger partial charge in [0.15, 0.2) is 0 Å². The van der Waals surface area contributed by atoms with E-state index in [0.29, 0.717) is 16.7 Å². The highest BCUT2D eigenvalue weighted by molar-refractivity contribution is 9.10. The van der Waals surface area contributed by atoms with Crippen LogP contribution in [0.5, 0.6) is 11.5 Å². The van der Waals surface area contributed by atoms with Crippen molar-refractivity contribution in [1.29, 1.82) is 0 Å². The lowest BCUT2D eigenvalue weighted by molar-refractivity contribution is 0.401. The summed E-state index contributed by atoms with van der Waals surface area (Å²) in [6.07, 6.45) is 10.9. The summed E-state index contributed by atoms with van der Waals surface area (Å²) in [5.74, 6) is 2.43. The molecule has 1 aliphatic heterocycles. The second kappa shape index (κ2) is 11.0. The molecule has 36 heavy (non-hydrogen) atoms. The van der Waals surface area contributed by atoms with Crippen molar-refractivity contribution in [3.8, 4) is 11.5 Å². The molecule has 2 heterocycles. The van der Waals surface area contributed by atoms with E-state index in [0.717, 1.165) is 66.1 Å². The molecule has 190 valence electrons. The molecule has 1 saturated carbocycles. The predicted molar refractivity (Wildman–Crippen MR) is 148 cm³/mol. The van der Waals surface area contributed by atoms with E-state index >= 15 is 0 Å². The van der Waals surface area contributed by atoms with Crippen molar-refractivity contribution in [2.24, 2.45) is 5.10 Å². The Hall–Kier alpha value is -2.87. The molecule has 0 unspecified atom stereocenters. The number of hydrogen-bond donors (Lipinski definition) is 0. The van der Waals surface area contributed by atoms with Gasteiger partial charge in [0.2, 0.25) is 0 Å². The lowest BCUT2D eigenvalue weighted by Gasteiger charge is -2.30. The van der Waals surface area contributed by atoms with Crippen LogP contribution in [-0.2, 0) is 0 Å². The van der Waals surface area contributed by atoms with Crippen LogP contribution in [0.3, 0.4) is 0 Å². The molecule has 3 aromatic rings. The Morgan fingerprint density at radius 2 is 1.69 bits per heavy atom. The lowest BCUT2D eigenvalue weighted by Crippen LogP contribution is -2.29. The van der Waals surface area contributed by atoms with Gasteiger partial charge in [0, 0.05) is 35.1 Å². The predicted octanol–water partition coefficient (Wildman–Crippen LogP) is 6.10. The highest BCUT2D eigenvalue weighted by Crippen LogP contribution is 2.36. The number of methoxy groups -OCH3 is 2. The monoisotopic (exact) mass is 552 g/mol. The van der Waals surface area contributed by atoms with Gasteiger partial charge in [-0.1, -0.05) is 35.2 Å².